The van der Waals surface area contributed by atoms with Crippen molar-refractivity contribution < 1.29 is 19.2 Å². The van der Waals surface area contributed by atoms with Gasteiger partial charge in [0.25, 0.3) is 17.5 Å². The lowest BCUT2D eigenvalue weighted by Crippen LogP contribution is -2.16. The summed E-state index contributed by atoms with van der Waals surface area (Å²) in [6.45, 7) is 0. The molecule has 0 spiro atoms. The van der Waals surface area contributed by atoms with Crippen LogP contribution in [0.5, 0.6) is 5.88 Å². The Morgan fingerprint density at radius 3 is 2.80 bits per heavy atom. The fourth-order valence-electron chi connectivity index (χ4n) is 1.43. The number of aromatic amines is 1. The smallest absolute Gasteiger partial charge is 0.345 e. The summed E-state index contributed by atoms with van der Waals surface area (Å²) in [7, 11) is 0. The molecular formula is C11H8N4O5. The van der Waals surface area contributed by atoms with E-state index in [9.17, 15) is 19.7 Å². The lowest BCUT2D eigenvalue weighted by atomic mass is 10.2. The second-order valence-corrected chi connectivity index (χ2v) is 3.64. The number of imidazole rings is 1. The van der Waals surface area contributed by atoms with Gasteiger partial charge in [-0.05, 0) is 6.07 Å². The predicted octanol–water partition coefficient (Wildman–Crippen LogP) is 0.636. The van der Waals surface area contributed by atoms with Gasteiger partial charge in [0.05, 0.1) is 16.8 Å². The van der Waals surface area contributed by atoms with Crippen LogP contribution in [-0.2, 0) is 0 Å². The Balaban J connectivity index is 2.24. The summed E-state index contributed by atoms with van der Waals surface area (Å²) in [5, 5.41) is 10.6. The van der Waals surface area contributed by atoms with E-state index < -0.39 is 16.8 Å². The maximum Gasteiger partial charge on any atom is 0.345 e. The Morgan fingerprint density at radius 2 is 2.15 bits per heavy atom. The number of nitrogens with zero attached hydrogens (tertiary/aromatic N) is 2. The normalized spacial score (nSPS) is 10.0. The standard InChI is InChI=1S/C11H8N4O5/c12-9(16)8-10(14-5-13-8)20-11(17)6-2-1-3-7(4-6)15(18)19/h1-5H,(H2,12,16)(H,13,14). The second-order valence-electron chi connectivity index (χ2n) is 3.64. The third-order valence-electron chi connectivity index (χ3n) is 2.33. The summed E-state index contributed by atoms with van der Waals surface area (Å²) in [6, 6.07) is 4.97. The van der Waals surface area contributed by atoms with Crippen molar-refractivity contribution >= 4 is 17.6 Å². The Morgan fingerprint density at radius 1 is 1.40 bits per heavy atom. The van der Waals surface area contributed by atoms with Gasteiger partial charge in [0.2, 0.25) is 0 Å². The van der Waals surface area contributed by atoms with Gasteiger partial charge in [-0.25, -0.2) is 9.78 Å². The van der Waals surface area contributed by atoms with Crippen molar-refractivity contribution in [2.75, 3.05) is 0 Å². The minimum atomic E-state index is -0.886. The lowest BCUT2D eigenvalue weighted by molar-refractivity contribution is -0.384. The number of nitro groups is 1. The number of H-pyrrole nitrogens is 1. The molecule has 9 nitrogen and oxygen atoms in total. The van der Waals surface area contributed by atoms with Crippen LogP contribution >= 0.6 is 0 Å². The Kier molecular flexibility index (Phi) is 3.42. The summed E-state index contributed by atoms with van der Waals surface area (Å²) in [5.41, 5.74) is 4.59. The number of rotatable bonds is 4. The predicted molar refractivity (Wildman–Crippen MR) is 65.2 cm³/mol. The molecule has 3 N–H and O–H groups in total. The molecule has 0 fully saturated rings. The number of primary amides is 1. The molecule has 1 heterocycles. The van der Waals surface area contributed by atoms with Gasteiger partial charge in [0, 0.05) is 12.1 Å². The maximum atomic E-state index is 11.8. The van der Waals surface area contributed by atoms with Crippen molar-refractivity contribution in [3.05, 3.63) is 52.0 Å². The fourth-order valence-corrected chi connectivity index (χ4v) is 1.43. The molecule has 1 aromatic heterocycles. The van der Waals surface area contributed by atoms with Crippen LogP contribution in [0.15, 0.2) is 30.6 Å². The molecule has 0 unspecified atom stereocenters. The number of hydrogen-bond donors (Lipinski definition) is 2. The number of esters is 1. The Hall–Kier alpha value is -3.23. The fraction of sp³-hybridized carbons (Fsp3) is 0. The number of nitro benzene ring substituents is 1. The number of aromatic nitrogens is 2. The van der Waals surface area contributed by atoms with E-state index >= 15 is 0 Å². The molecule has 0 aliphatic heterocycles. The molecule has 0 bridgehead atoms. The molecule has 0 aliphatic rings. The Labute approximate surface area is 111 Å². The first-order chi connectivity index (χ1) is 9.49. The van der Waals surface area contributed by atoms with Gasteiger partial charge in [-0.2, -0.15) is 0 Å². The highest BCUT2D eigenvalue weighted by atomic mass is 16.6. The van der Waals surface area contributed by atoms with Crippen molar-refractivity contribution in [3.63, 3.8) is 0 Å². The highest BCUT2D eigenvalue weighted by Gasteiger charge is 2.18. The van der Waals surface area contributed by atoms with Crippen LogP contribution in [-0.4, -0.2) is 26.8 Å². The number of non-ortho nitro benzene ring substituents is 1. The summed E-state index contributed by atoms with van der Waals surface area (Å²) in [5.74, 6) is -2.01. The number of nitrogens with one attached hydrogen (secondary N) is 1. The zero-order chi connectivity index (χ0) is 14.7. The van der Waals surface area contributed by atoms with E-state index in [1.54, 1.807) is 0 Å². The molecule has 9 heteroatoms. The molecule has 102 valence electrons. The molecule has 1 amide bonds. The molecule has 2 aromatic rings. The van der Waals surface area contributed by atoms with Crippen LogP contribution in [0.1, 0.15) is 20.8 Å². The van der Waals surface area contributed by atoms with Gasteiger partial charge in [-0.15, -0.1) is 0 Å². The van der Waals surface area contributed by atoms with Crippen LogP contribution < -0.4 is 10.5 Å². The van der Waals surface area contributed by atoms with Gasteiger partial charge < -0.3 is 15.5 Å². The van der Waals surface area contributed by atoms with E-state index in [0.29, 0.717) is 0 Å². The van der Waals surface area contributed by atoms with E-state index in [-0.39, 0.29) is 22.8 Å². The highest BCUT2D eigenvalue weighted by Crippen LogP contribution is 2.17. The largest absolute Gasteiger partial charge is 0.401 e. The van der Waals surface area contributed by atoms with E-state index in [1.807, 2.05) is 0 Å². The zero-order valence-corrected chi connectivity index (χ0v) is 9.90. The number of carbonyl (C=O) groups is 2. The second kappa shape index (κ2) is 5.18. The number of ether oxygens (including phenoxy) is 1. The van der Waals surface area contributed by atoms with Gasteiger partial charge in [0.1, 0.15) is 0 Å². The average Bonchev–Trinajstić information content (AvgIpc) is 2.87. The molecule has 20 heavy (non-hydrogen) atoms. The summed E-state index contributed by atoms with van der Waals surface area (Å²) in [4.78, 5) is 38.8. The minimum Gasteiger partial charge on any atom is -0.401 e. The van der Waals surface area contributed by atoms with Crippen molar-refractivity contribution in [2.24, 2.45) is 5.73 Å². The van der Waals surface area contributed by atoms with Crippen LogP contribution in [0.2, 0.25) is 0 Å². The highest BCUT2D eigenvalue weighted by molar-refractivity contribution is 5.96. The molecule has 0 saturated carbocycles. The number of amides is 1. The number of benzene rings is 1. The average molecular weight is 276 g/mol. The molecule has 2 rings (SSSR count). The number of hydrogen-bond acceptors (Lipinski definition) is 6. The van der Waals surface area contributed by atoms with Crippen molar-refractivity contribution in [1.29, 1.82) is 0 Å². The van der Waals surface area contributed by atoms with Gasteiger partial charge in [-0.1, -0.05) is 6.07 Å². The molecule has 1 aromatic carbocycles. The van der Waals surface area contributed by atoms with Crippen molar-refractivity contribution in [2.45, 2.75) is 0 Å². The van der Waals surface area contributed by atoms with Gasteiger partial charge in [-0.3, -0.25) is 14.9 Å². The maximum absolute atomic E-state index is 11.8. The monoisotopic (exact) mass is 276 g/mol. The lowest BCUT2D eigenvalue weighted by Gasteiger charge is -2.02. The van der Waals surface area contributed by atoms with E-state index in [4.69, 9.17) is 10.5 Å². The number of nitrogens with two attached hydrogens (primary N) is 1. The Bertz CT molecular complexity index is 694. The summed E-state index contributed by atoms with van der Waals surface area (Å²) in [6.07, 6.45) is 1.14. The zero-order valence-electron chi connectivity index (χ0n) is 9.90. The minimum absolute atomic E-state index is 0.0439. The van der Waals surface area contributed by atoms with Gasteiger partial charge >= 0.3 is 5.97 Å². The quantitative estimate of drug-likeness (QED) is 0.476. The van der Waals surface area contributed by atoms with Gasteiger partial charge in [0.15, 0.2) is 5.69 Å². The molecular weight excluding hydrogens is 268 g/mol. The first kappa shape index (κ1) is 13.2. The first-order valence-electron chi connectivity index (χ1n) is 5.29. The molecule has 0 radical (unpaired) electrons. The van der Waals surface area contributed by atoms with E-state index in [2.05, 4.69) is 9.97 Å². The third kappa shape index (κ3) is 2.61. The molecule has 0 atom stereocenters. The van der Waals surface area contributed by atoms with Crippen LogP contribution in [0, 0.1) is 10.1 Å². The molecule has 0 saturated heterocycles. The van der Waals surface area contributed by atoms with E-state index in [1.165, 1.54) is 18.2 Å². The van der Waals surface area contributed by atoms with E-state index in [0.717, 1.165) is 12.4 Å². The van der Waals surface area contributed by atoms with Crippen LogP contribution in [0.3, 0.4) is 0 Å². The SMILES string of the molecule is NC(=O)c1[nH]cnc1OC(=O)c1cccc([N+](=O)[O-])c1. The molecule has 0 aliphatic carbocycles. The van der Waals surface area contributed by atoms with Crippen LogP contribution in [0.25, 0.3) is 0 Å². The third-order valence-corrected chi connectivity index (χ3v) is 2.33. The first-order valence-corrected chi connectivity index (χ1v) is 5.29. The van der Waals surface area contributed by atoms with Crippen molar-refractivity contribution in [1.82, 2.24) is 9.97 Å². The van der Waals surface area contributed by atoms with Crippen molar-refractivity contribution in [3.8, 4) is 5.88 Å². The van der Waals surface area contributed by atoms with Crippen LogP contribution in [0.4, 0.5) is 5.69 Å². The number of carbonyl (C=O) groups excluding carboxylic acids is 2. The summed E-state index contributed by atoms with van der Waals surface area (Å²) < 4.78 is 4.86. The topological polar surface area (TPSA) is 141 Å². The summed E-state index contributed by atoms with van der Waals surface area (Å²) >= 11 is 0.